The molecule has 0 spiro atoms. The second kappa shape index (κ2) is 4.74. The monoisotopic (exact) mass is 177 g/mol. The van der Waals surface area contributed by atoms with Crippen LogP contribution in [0.15, 0.2) is 30.3 Å². The van der Waals surface area contributed by atoms with Crippen molar-refractivity contribution in [1.29, 1.82) is 0 Å². The van der Waals surface area contributed by atoms with E-state index >= 15 is 0 Å². The SMILES string of the molecule is CSC#CN(C)c1ccccc1. The Morgan fingerprint density at radius 1 is 1.25 bits per heavy atom. The lowest BCUT2D eigenvalue weighted by Gasteiger charge is -2.09. The van der Waals surface area contributed by atoms with Gasteiger partial charge in [-0.05, 0) is 23.6 Å². The zero-order valence-electron chi connectivity index (χ0n) is 7.24. The van der Waals surface area contributed by atoms with Gasteiger partial charge in [0.15, 0.2) is 0 Å². The van der Waals surface area contributed by atoms with Crippen LogP contribution in [0.1, 0.15) is 0 Å². The molecular weight excluding hydrogens is 166 g/mol. The van der Waals surface area contributed by atoms with Crippen LogP contribution in [-0.4, -0.2) is 13.3 Å². The molecule has 0 saturated heterocycles. The summed E-state index contributed by atoms with van der Waals surface area (Å²) >= 11 is 1.52. The van der Waals surface area contributed by atoms with Crippen LogP contribution in [-0.2, 0) is 0 Å². The van der Waals surface area contributed by atoms with Crippen LogP contribution in [0, 0.1) is 11.3 Å². The Balaban J connectivity index is 2.72. The molecule has 0 saturated carbocycles. The van der Waals surface area contributed by atoms with Crippen LogP contribution in [0.5, 0.6) is 0 Å². The molecule has 0 aliphatic heterocycles. The third-order valence-corrected chi connectivity index (χ3v) is 1.75. The van der Waals surface area contributed by atoms with Gasteiger partial charge in [0.25, 0.3) is 0 Å². The van der Waals surface area contributed by atoms with Gasteiger partial charge in [-0.25, -0.2) is 0 Å². The highest BCUT2D eigenvalue weighted by molar-refractivity contribution is 8.03. The van der Waals surface area contributed by atoms with E-state index in [1.807, 2.05) is 48.5 Å². The maximum absolute atomic E-state index is 2.99. The normalized spacial score (nSPS) is 8.50. The molecular formula is C10H11NS. The quantitative estimate of drug-likeness (QED) is 0.478. The molecule has 0 aliphatic carbocycles. The predicted octanol–water partition coefficient (Wildman–Crippen LogP) is 2.40. The van der Waals surface area contributed by atoms with E-state index in [0.717, 1.165) is 5.69 Å². The van der Waals surface area contributed by atoms with Crippen LogP contribution >= 0.6 is 11.8 Å². The highest BCUT2D eigenvalue weighted by Crippen LogP contribution is 2.09. The number of thioether (sulfide) groups is 1. The first-order valence-corrected chi connectivity index (χ1v) is 4.89. The zero-order chi connectivity index (χ0) is 8.81. The van der Waals surface area contributed by atoms with Crippen molar-refractivity contribution in [2.45, 2.75) is 0 Å². The van der Waals surface area contributed by atoms with Gasteiger partial charge in [0, 0.05) is 18.8 Å². The van der Waals surface area contributed by atoms with E-state index in [1.165, 1.54) is 11.8 Å². The summed E-state index contributed by atoms with van der Waals surface area (Å²) in [5.74, 6) is 0. The van der Waals surface area contributed by atoms with E-state index in [0.29, 0.717) is 0 Å². The summed E-state index contributed by atoms with van der Waals surface area (Å²) in [5.41, 5.74) is 1.12. The van der Waals surface area contributed by atoms with E-state index in [1.54, 1.807) is 0 Å². The average Bonchev–Trinajstić information content (AvgIpc) is 2.15. The van der Waals surface area contributed by atoms with Crippen LogP contribution < -0.4 is 4.90 Å². The van der Waals surface area contributed by atoms with Crippen LogP contribution in [0.25, 0.3) is 0 Å². The summed E-state index contributed by atoms with van der Waals surface area (Å²) < 4.78 is 0. The Bertz CT molecular complexity index is 284. The van der Waals surface area contributed by atoms with E-state index < -0.39 is 0 Å². The number of hydrogen-bond acceptors (Lipinski definition) is 2. The average molecular weight is 177 g/mol. The van der Waals surface area contributed by atoms with Crippen molar-refractivity contribution in [3.8, 4) is 11.3 Å². The molecule has 0 bridgehead atoms. The lowest BCUT2D eigenvalue weighted by atomic mass is 10.3. The van der Waals surface area contributed by atoms with Crippen molar-refractivity contribution in [3.63, 3.8) is 0 Å². The van der Waals surface area contributed by atoms with Crippen LogP contribution in [0.4, 0.5) is 5.69 Å². The fourth-order valence-electron chi connectivity index (χ4n) is 0.830. The summed E-state index contributed by atoms with van der Waals surface area (Å²) in [4.78, 5) is 1.91. The van der Waals surface area contributed by atoms with Crippen LogP contribution in [0.3, 0.4) is 0 Å². The molecule has 0 amide bonds. The molecule has 0 unspecified atom stereocenters. The highest BCUT2D eigenvalue weighted by Gasteiger charge is 1.92. The maximum atomic E-state index is 2.99. The lowest BCUT2D eigenvalue weighted by Crippen LogP contribution is -2.07. The van der Waals surface area contributed by atoms with Gasteiger partial charge in [-0.1, -0.05) is 30.0 Å². The number of rotatable bonds is 1. The molecule has 0 atom stereocenters. The Kier molecular flexibility index (Phi) is 3.56. The van der Waals surface area contributed by atoms with Crippen molar-refractivity contribution < 1.29 is 0 Å². The predicted molar refractivity (Wildman–Crippen MR) is 56.1 cm³/mol. The standard InChI is InChI=1S/C10H11NS/c1-11(8-9-12-2)10-6-4-3-5-7-10/h3-7H,1-2H3. The Morgan fingerprint density at radius 3 is 2.50 bits per heavy atom. The second-order valence-electron chi connectivity index (χ2n) is 2.31. The molecule has 1 nitrogen and oxygen atoms in total. The number of nitrogens with zero attached hydrogens (tertiary/aromatic N) is 1. The van der Waals surface area contributed by atoms with E-state index in [2.05, 4.69) is 11.3 Å². The Labute approximate surface area is 77.8 Å². The van der Waals surface area contributed by atoms with Crippen molar-refractivity contribution in [3.05, 3.63) is 30.3 Å². The zero-order valence-corrected chi connectivity index (χ0v) is 8.06. The molecule has 0 fully saturated rings. The van der Waals surface area contributed by atoms with Gasteiger partial charge in [0.2, 0.25) is 0 Å². The molecule has 62 valence electrons. The van der Waals surface area contributed by atoms with Gasteiger partial charge in [0.1, 0.15) is 0 Å². The van der Waals surface area contributed by atoms with E-state index in [4.69, 9.17) is 0 Å². The molecule has 1 aromatic carbocycles. The minimum absolute atomic E-state index is 1.12. The van der Waals surface area contributed by atoms with Gasteiger partial charge in [0.05, 0.1) is 0 Å². The van der Waals surface area contributed by atoms with Gasteiger partial charge in [-0.15, -0.1) is 0 Å². The minimum atomic E-state index is 1.12. The number of benzene rings is 1. The number of para-hydroxylation sites is 1. The molecule has 2 heteroatoms. The first-order chi connectivity index (χ1) is 5.84. The number of hydrogen-bond donors (Lipinski definition) is 0. The first kappa shape index (κ1) is 9.02. The molecule has 0 aliphatic rings. The Morgan fingerprint density at radius 2 is 1.92 bits per heavy atom. The summed E-state index contributed by atoms with van der Waals surface area (Å²) in [6.45, 7) is 0. The third-order valence-electron chi connectivity index (χ3n) is 1.46. The summed E-state index contributed by atoms with van der Waals surface area (Å²) in [6.07, 6.45) is 1.96. The molecule has 1 rings (SSSR count). The summed E-state index contributed by atoms with van der Waals surface area (Å²) in [5, 5.41) is 2.94. The summed E-state index contributed by atoms with van der Waals surface area (Å²) in [6, 6.07) is 13.1. The fourth-order valence-corrected chi connectivity index (χ4v) is 1.06. The van der Waals surface area contributed by atoms with Crippen LogP contribution in [0.2, 0.25) is 0 Å². The molecule has 12 heavy (non-hydrogen) atoms. The molecule has 1 aromatic rings. The largest absolute Gasteiger partial charge is 0.304 e. The van der Waals surface area contributed by atoms with Gasteiger partial charge < -0.3 is 4.90 Å². The highest BCUT2D eigenvalue weighted by atomic mass is 32.2. The number of anilines is 1. The summed E-state index contributed by atoms with van der Waals surface area (Å²) in [7, 11) is 1.96. The van der Waals surface area contributed by atoms with Crippen molar-refractivity contribution in [2.24, 2.45) is 0 Å². The Hall–Kier alpha value is -1.07. The van der Waals surface area contributed by atoms with Gasteiger partial charge in [-0.3, -0.25) is 0 Å². The molecule has 0 radical (unpaired) electrons. The smallest absolute Gasteiger partial charge is 0.0486 e. The van der Waals surface area contributed by atoms with Gasteiger partial charge in [-0.2, -0.15) is 0 Å². The fraction of sp³-hybridized carbons (Fsp3) is 0.200. The van der Waals surface area contributed by atoms with E-state index in [-0.39, 0.29) is 0 Å². The maximum Gasteiger partial charge on any atom is 0.0486 e. The topological polar surface area (TPSA) is 3.24 Å². The lowest BCUT2D eigenvalue weighted by molar-refractivity contribution is 1.25. The second-order valence-corrected chi connectivity index (χ2v) is 2.92. The molecule has 0 aromatic heterocycles. The van der Waals surface area contributed by atoms with Crippen molar-refractivity contribution >= 4 is 17.4 Å². The van der Waals surface area contributed by atoms with Crippen molar-refractivity contribution in [2.75, 3.05) is 18.2 Å². The third kappa shape index (κ3) is 2.52. The minimum Gasteiger partial charge on any atom is -0.304 e. The van der Waals surface area contributed by atoms with E-state index in [9.17, 15) is 0 Å². The molecule has 0 N–H and O–H groups in total. The first-order valence-electron chi connectivity index (χ1n) is 3.67. The molecule has 0 heterocycles. The van der Waals surface area contributed by atoms with Crippen molar-refractivity contribution in [1.82, 2.24) is 0 Å². The van der Waals surface area contributed by atoms with Gasteiger partial charge >= 0.3 is 0 Å².